The number of amides is 2. The van der Waals surface area contributed by atoms with Crippen LogP contribution in [0.3, 0.4) is 0 Å². The Morgan fingerprint density at radius 3 is 2.84 bits per heavy atom. The second-order valence-corrected chi connectivity index (χ2v) is 10.2. The van der Waals surface area contributed by atoms with Crippen molar-refractivity contribution in [3.8, 4) is 11.5 Å². The van der Waals surface area contributed by atoms with E-state index in [2.05, 4.69) is 27.9 Å². The molecule has 9 heteroatoms. The molecule has 2 aliphatic heterocycles. The summed E-state index contributed by atoms with van der Waals surface area (Å²) in [5.41, 5.74) is 1.68. The molecule has 1 saturated heterocycles. The molecule has 0 saturated carbocycles. The fourth-order valence-electron chi connectivity index (χ4n) is 3.37. The van der Waals surface area contributed by atoms with Crippen molar-refractivity contribution < 1.29 is 19.1 Å². The minimum atomic E-state index is -0.0749. The van der Waals surface area contributed by atoms with Crippen LogP contribution < -0.4 is 14.8 Å². The third-order valence-corrected chi connectivity index (χ3v) is 7.01. The first kappa shape index (κ1) is 23.1. The highest BCUT2D eigenvalue weighted by Gasteiger charge is 2.31. The minimum absolute atomic E-state index is 0.00395. The highest BCUT2D eigenvalue weighted by molar-refractivity contribution is 14.1. The number of hydrogen-bond donors (Lipinski definition) is 1. The largest absolute Gasteiger partial charge is 0.454 e. The third kappa shape index (κ3) is 5.81. The van der Waals surface area contributed by atoms with Crippen molar-refractivity contribution in [3.05, 3.63) is 56.5 Å². The van der Waals surface area contributed by atoms with Crippen LogP contribution in [0.4, 0.5) is 5.69 Å². The molecule has 2 aromatic carbocycles. The molecule has 4 rings (SSSR count). The van der Waals surface area contributed by atoms with Gasteiger partial charge in [0.05, 0.1) is 4.91 Å². The maximum atomic E-state index is 12.8. The zero-order valence-electron chi connectivity index (χ0n) is 17.1. The molecule has 2 heterocycles. The number of thioether (sulfide) groups is 1. The second kappa shape index (κ2) is 10.7. The quantitative estimate of drug-likeness (QED) is 0.195. The number of carbonyl (C=O) groups is 2. The topological polar surface area (TPSA) is 67.9 Å². The number of rotatable bonds is 8. The van der Waals surface area contributed by atoms with Crippen molar-refractivity contribution in [2.75, 3.05) is 18.7 Å². The van der Waals surface area contributed by atoms with Crippen molar-refractivity contribution in [2.24, 2.45) is 0 Å². The van der Waals surface area contributed by atoms with Crippen molar-refractivity contribution in [1.82, 2.24) is 4.90 Å². The van der Waals surface area contributed by atoms with Gasteiger partial charge in [-0.1, -0.05) is 42.5 Å². The Morgan fingerprint density at radius 1 is 1.16 bits per heavy atom. The molecule has 1 N–H and O–H groups in total. The Bertz CT molecular complexity index is 1090. The van der Waals surface area contributed by atoms with Gasteiger partial charge in [-0.3, -0.25) is 14.5 Å². The Labute approximate surface area is 209 Å². The first-order valence-electron chi connectivity index (χ1n) is 10.2. The van der Waals surface area contributed by atoms with Gasteiger partial charge in [0, 0.05) is 22.2 Å². The molecule has 0 radical (unpaired) electrons. The lowest BCUT2D eigenvalue weighted by Crippen LogP contribution is -2.29. The Kier molecular flexibility index (Phi) is 7.69. The fourth-order valence-corrected chi connectivity index (χ4v) is 5.22. The maximum Gasteiger partial charge on any atom is 0.266 e. The fraction of sp³-hybridized carbons (Fsp3) is 0.261. The van der Waals surface area contributed by atoms with E-state index in [-0.39, 0.29) is 18.6 Å². The van der Waals surface area contributed by atoms with Gasteiger partial charge in [0.25, 0.3) is 5.91 Å². The average Bonchev–Trinajstić information content (AvgIpc) is 3.32. The first-order chi connectivity index (χ1) is 15.5. The summed E-state index contributed by atoms with van der Waals surface area (Å²) in [7, 11) is 0. The summed E-state index contributed by atoms with van der Waals surface area (Å²) in [6.45, 7) is 0.774. The normalized spacial score (nSPS) is 16.2. The molecule has 2 aromatic rings. The lowest BCUT2D eigenvalue weighted by molar-refractivity contribution is -0.122. The number of thiocarbonyl (C=S) groups is 1. The van der Waals surface area contributed by atoms with Gasteiger partial charge >= 0.3 is 0 Å². The van der Waals surface area contributed by atoms with Crippen molar-refractivity contribution in [2.45, 2.75) is 25.7 Å². The number of carbonyl (C=O) groups excluding carboxylic acids is 2. The number of unbranched alkanes of at least 4 members (excludes halogenated alkanes) is 2. The number of fused-ring (bicyclic) bond motifs is 1. The van der Waals surface area contributed by atoms with Gasteiger partial charge < -0.3 is 14.8 Å². The van der Waals surface area contributed by atoms with Crippen LogP contribution in [0, 0.1) is 3.57 Å². The Balaban J connectivity index is 1.22. The number of hydrogen-bond acceptors (Lipinski definition) is 6. The van der Waals surface area contributed by atoms with Gasteiger partial charge in [0.1, 0.15) is 4.32 Å². The molecule has 2 aliphatic rings. The van der Waals surface area contributed by atoms with E-state index in [1.54, 1.807) is 4.90 Å². The van der Waals surface area contributed by atoms with E-state index in [4.69, 9.17) is 21.7 Å². The molecular weight excluding hydrogens is 559 g/mol. The summed E-state index contributed by atoms with van der Waals surface area (Å²) in [5, 5.41) is 2.92. The van der Waals surface area contributed by atoms with E-state index < -0.39 is 0 Å². The van der Waals surface area contributed by atoms with Crippen LogP contribution in [-0.2, 0) is 9.59 Å². The van der Waals surface area contributed by atoms with Crippen molar-refractivity contribution in [3.63, 3.8) is 0 Å². The smallest absolute Gasteiger partial charge is 0.266 e. The number of nitrogens with one attached hydrogen (secondary N) is 1. The van der Waals surface area contributed by atoms with Gasteiger partial charge in [-0.15, -0.1) is 0 Å². The molecule has 6 nitrogen and oxygen atoms in total. The van der Waals surface area contributed by atoms with E-state index in [9.17, 15) is 9.59 Å². The van der Waals surface area contributed by atoms with Crippen molar-refractivity contribution in [1.29, 1.82) is 0 Å². The Morgan fingerprint density at radius 2 is 2.00 bits per heavy atom. The van der Waals surface area contributed by atoms with Gasteiger partial charge in [-0.05, 0) is 77.4 Å². The second-order valence-electron chi connectivity index (χ2n) is 7.32. The molecule has 0 aliphatic carbocycles. The lowest BCUT2D eigenvalue weighted by Gasteiger charge is -2.14. The standard InChI is InChI=1S/C23H21IN2O4S2/c24-16-5-4-6-17(13-16)25-21(27)7-2-1-3-10-26-22(28)20(32-23(26)31)12-15-8-9-18-19(11-15)30-14-29-18/h4-6,8-9,11-13H,1-3,7,10,14H2,(H,25,27)/b20-12-. The summed E-state index contributed by atoms with van der Waals surface area (Å²) < 4.78 is 12.4. The molecule has 2 amide bonds. The van der Waals surface area contributed by atoms with Crippen LogP contribution in [0.25, 0.3) is 6.08 Å². The molecule has 1 fully saturated rings. The summed E-state index contributed by atoms with van der Waals surface area (Å²) in [6.07, 6.45) is 4.68. The first-order valence-corrected chi connectivity index (χ1v) is 12.5. The molecule has 0 spiro atoms. The number of nitrogens with zero attached hydrogens (tertiary/aromatic N) is 1. The molecule has 32 heavy (non-hydrogen) atoms. The summed E-state index contributed by atoms with van der Waals surface area (Å²) in [4.78, 5) is 27.1. The Hall–Kier alpha value is -2.11. The SMILES string of the molecule is O=C(CCCCCN1C(=O)/C(=C/c2ccc3c(c2)OCO3)SC1=S)Nc1cccc(I)c1. The number of ether oxygens (including phenoxy) is 2. The molecule has 0 unspecified atom stereocenters. The third-order valence-electron chi connectivity index (χ3n) is 4.96. The van der Waals surface area contributed by atoms with E-state index in [1.807, 2.05) is 48.5 Å². The highest BCUT2D eigenvalue weighted by atomic mass is 127. The summed E-state index contributed by atoms with van der Waals surface area (Å²) in [5.74, 6) is 1.32. The van der Waals surface area contributed by atoms with Crippen LogP contribution in [0.15, 0.2) is 47.4 Å². The van der Waals surface area contributed by atoms with E-state index in [1.165, 1.54) is 11.8 Å². The monoisotopic (exact) mass is 580 g/mol. The van der Waals surface area contributed by atoms with Crippen LogP contribution in [0.5, 0.6) is 11.5 Å². The predicted octanol–water partition coefficient (Wildman–Crippen LogP) is 5.42. The zero-order valence-corrected chi connectivity index (χ0v) is 20.9. The predicted molar refractivity (Wildman–Crippen MR) is 139 cm³/mol. The summed E-state index contributed by atoms with van der Waals surface area (Å²) >= 11 is 8.94. The maximum absolute atomic E-state index is 12.8. The molecule has 166 valence electrons. The number of anilines is 1. The number of halogens is 1. The molecule has 0 bridgehead atoms. The summed E-state index contributed by atoms with van der Waals surface area (Å²) in [6, 6.07) is 13.3. The molecular formula is C23H21IN2O4S2. The van der Waals surface area contributed by atoms with Crippen LogP contribution in [0.2, 0.25) is 0 Å². The van der Waals surface area contributed by atoms with Crippen LogP contribution in [0.1, 0.15) is 31.2 Å². The zero-order chi connectivity index (χ0) is 22.5. The van der Waals surface area contributed by atoms with E-state index >= 15 is 0 Å². The van der Waals surface area contributed by atoms with Gasteiger partial charge in [0.2, 0.25) is 12.7 Å². The van der Waals surface area contributed by atoms with E-state index in [0.29, 0.717) is 33.7 Å². The van der Waals surface area contributed by atoms with Gasteiger partial charge in [0.15, 0.2) is 11.5 Å². The average molecular weight is 580 g/mol. The minimum Gasteiger partial charge on any atom is -0.454 e. The lowest BCUT2D eigenvalue weighted by atomic mass is 10.1. The van der Waals surface area contributed by atoms with Gasteiger partial charge in [-0.2, -0.15) is 0 Å². The van der Waals surface area contributed by atoms with Crippen LogP contribution in [-0.4, -0.2) is 34.4 Å². The van der Waals surface area contributed by atoms with Crippen LogP contribution >= 0.6 is 46.6 Å². The van der Waals surface area contributed by atoms with E-state index in [0.717, 1.165) is 34.1 Å². The van der Waals surface area contributed by atoms with Gasteiger partial charge in [-0.25, -0.2) is 0 Å². The number of benzene rings is 2. The highest BCUT2D eigenvalue weighted by Crippen LogP contribution is 2.36. The molecule has 0 aromatic heterocycles. The molecule has 0 atom stereocenters. The van der Waals surface area contributed by atoms with Crippen molar-refractivity contribution >= 4 is 74.5 Å².